The lowest BCUT2D eigenvalue weighted by atomic mass is 10.5. The topological polar surface area (TPSA) is 60.3 Å². The molecule has 0 aromatic carbocycles. The summed E-state index contributed by atoms with van der Waals surface area (Å²) in [5.74, 6) is 0.658. The number of nitrogens with zero attached hydrogens (tertiary/aromatic N) is 4. The quantitative estimate of drug-likeness (QED) is 0.626. The molecule has 0 aliphatic heterocycles. The zero-order valence-corrected chi connectivity index (χ0v) is 8.11. The van der Waals surface area contributed by atoms with E-state index in [1.807, 2.05) is 14.1 Å². The van der Waals surface area contributed by atoms with Gasteiger partial charge in [0.2, 0.25) is 0 Å². The number of aromatic nitrogens is 3. The Labute approximate surface area is 76.1 Å². The van der Waals surface area contributed by atoms with E-state index in [-0.39, 0.29) is 0 Å². The molecule has 0 atom stereocenters. The number of hydrogen-bond acceptors (Lipinski definition) is 5. The van der Waals surface area contributed by atoms with Crippen molar-refractivity contribution in [1.82, 2.24) is 15.0 Å². The van der Waals surface area contributed by atoms with Gasteiger partial charge in [0, 0.05) is 14.1 Å². The largest absolute Gasteiger partial charge is 0.452 e. The van der Waals surface area contributed by atoms with Crippen LogP contribution in [0.1, 0.15) is 5.69 Å². The van der Waals surface area contributed by atoms with Crippen molar-refractivity contribution in [2.24, 2.45) is 0 Å². The van der Waals surface area contributed by atoms with Gasteiger partial charge in [-0.15, -0.1) is 10.2 Å². The molecule has 0 radical (unpaired) electrons. The summed E-state index contributed by atoms with van der Waals surface area (Å²) in [6.45, 7) is 1.78. The van der Waals surface area contributed by atoms with E-state index in [1.165, 1.54) is 7.11 Å². The molecule has 0 unspecified atom stereocenters. The lowest BCUT2D eigenvalue weighted by Gasteiger charge is -2.06. The fourth-order valence-corrected chi connectivity index (χ4v) is 0.948. The van der Waals surface area contributed by atoms with E-state index in [0.717, 1.165) is 4.80 Å². The fourth-order valence-electron chi connectivity index (χ4n) is 0.948. The summed E-state index contributed by atoms with van der Waals surface area (Å²) in [6.07, 6.45) is -0.587. The molecule has 0 bridgehead atoms. The Morgan fingerprint density at radius 1 is 1.46 bits per heavy atom. The van der Waals surface area contributed by atoms with Gasteiger partial charge in [-0.05, 0) is 6.92 Å². The SMILES string of the molecule is COC(=O)n1nc(C)c(N(C)C)n1. The number of hydrogen-bond donors (Lipinski definition) is 0. The Balaban J connectivity index is 3.02. The van der Waals surface area contributed by atoms with E-state index >= 15 is 0 Å². The molecule has 1 aromatic rings. The van der Waals surface area contributed by atoms with Crippen molar-refractivity contribution in [1.29, 1.82) is 0 Å². The van der Waals surface area contributed by atoms with Crippen molar-refractivity contribution >= 4 is 11.9 Å². The number of carbonyl (C=O) groups excluding carboxylic acids is 1. The van der Waals surface area contributed by atoms with Gasteiger partial charge in [-0.1, -0.05) is 4.80 Å². The molecule has 0 spiro atoms. The first-order valence-corrected chi connectivity index (χ1v) is 3.76. The Morgan fingerprint density at radius 3 is 2.46 bits per heavy atom. The van der Waals surface area contributed by atoms with Crippen molar-refractivity contribution in [3.05, 3.63) is 5.69 Å². The van der Waals surface area contributed by atoms with Crippen molar-refractivity contribution in [3.63, 3.8) is 0 Å². The van der Waals surface area contributed by atoms with Gasteiger partial charge in [-0.3, -0.25) is 0 Å². The second kappa shape index (κ2) is 3.42. The molecule has 0 aliphatic rings. The van der Waals surface area contributed by atoms with Crippen LogP contribution >= 0.6 is 0 Å². The normalized spacial score (nSPS) is 9.85. The van der Waals surface area contributed by atoms with Crippen LogP contribution in [0.5, 0.6) is 0 Å². The van der Waals surface area contributed by atoms with Crippen molar-refractivity contribution in [2.45, 2.75) is 6.92 Å². The van der Waals surface area contributed by atoms with Gasteiger partial charge in [0.1, 0.15) is 5.69 Å². The summed E-state index contributed by atoms with van der Waals surface area (Å²) in [5.41, 5.74) is 0.690. The minimum absolute atomic E-state index is 0.587. The van der Waals surface area contributed by atoms with Crippen LogP contribution in [0, 0.1) is 6.92 Å². The second-order valence-corrected chi connectivity index (χ2v) is 2.76. The van der Waals surface area contributed by atoms with Gasteiger partial charge < -0.3 is 9.64 Å². The second-order valence-electron chi connectivity index (χ2n) is 2.76. The summed E-state index contributed by atoms with van der Waals surface area (Å²) >= 11 is 0. The minimum Gasteiger partial charge on any atom is -0.450 e. The smallest absolute Gasteiger partial charge is 0.450 e. The molecule has 72 valence electrons. The van der Waals surface area contributed by atoms with E-state index in [0.29, 0.717) is 11.5 Å². The molecule has 0 saturated carbocycles. The monoisotopic (exact) mass is 184 g/mol. The molecule has 6 heteroatoms. The standard InChI is InChI=1S/C7H12N4O2/c1-5-6(10(2)3)9-11(8-5)7(12)13-4/h1-4H3. The van der Waals surface area contributed by atoms with Crippen molar-refractivity contribution < 1.29 is 9.53 Å². The molecule has 0 saturated heterocycles. The molecule has 0 amide bonds. The highest BCUT2D eigenvalue weighted by Gasteiger charge is 2.13. The highest BCUT2D eigenvalue weighted by atomic mass is 16.5. The van der Waals surface area contributed by atoms with Crippen LogP contribution in [0.25, 0.3) is 0 Å². The van der Waals surface area contributed by atoms with Gasteiger partial charge in [0.05, 0.1) is 7.11 Å². The van der Waals surface area contributed by atoms with E-state index in [1.54, 1.807) is 11.8 Å². The van der Waals surface area contributed by atoms with Crippen LogP contribution in [0.4, 0.5) is 10.6 Å². The van der Waals surface area contributed by atoms with Gasteiger partial charge >= 0.3 is 6.09 Å². The number of ether oxygens (including phenoxy) is 1. The average molecular weight is 184 g/mol. The first kappa shape index (κ1) is 9.50. The highest BCUT2D eigenvalue weighted by molar-refractivity contribution is 5.68. The van der Waals surface area contributed by atoms with Crippen LogP contribution in [0.3, 0.4) is 0 Å². The summed E-state index contributed by atoms with van der Waals surface area (Å²) in [5, 5.41) is 7.83. The van der Waals surface area contributed by atoms with Crippen molar-refractivity contribution in [2.75, 3.05) is 26.1 Å². The van der Waals surface area contributed by atoms with Crippen LogP contribution in [-0.4, -0.2) is 42.3 Å². The molecule has 0 fully saturated rings. The lowest BCUT2D eigenvalue weighted by molar-refractivity contribution is 0.164. The van der Waals surface area contributed by atoms with Crippen LogP contribution in [0.15, 0.2) is 0 Å². The number of carbonyl (C=O) groups is 1. The molecule has 1 rings (SSSR count). The highest BCUT2D eigenvalue weighted by Crippen LogP contribution is 2.10. The number of anilines is 1. The number of rotatable bonds is 1. The Hall–Kier alpha value is -1.59. The number of methoxy groups -OCH3 is 1. The molecule has 13 heavy (non-hydrogen) atoms. The minimum atomic E-state index is -0.587. The summed E-state index contributed by atoms with van der Waals surface area (Å²) < 4.78 is 4.46. The summed E-state index contributed by atoms with van der Waals surface area (Å²) in [7, 11) is 4.95. The van der Waals surface area contributed by atoms with E-state index in [4.69, 9.17) is 0 Å². The van der Waals surface area contributed by atoms with Crippen LogP contribution in [0.2, 0.25) is 0 Å². The lowest BCUT2D eigenvalue weighted by Crippen LogP contribution is -2.16. The van der Waals surface area contributed by atoms with Gasteiger partial charge in [-0.25, -0.2) is 4.79 Å². The zero-order chi connectivity index (χ0) is 10.0. The maximum atomic E-state index is 11.0. The van der Waals surface area contributed by atoms with Gasteiger partial charge in [0.25, 0.3) is 0 Å². The maximum Gasteiger partial charge on any atom is 0.452 e. The van der Waals surface area contributed by atoms with Gasteiger partial charge in [0.15, 0.2) is 5.82 Å². The average Bonchev–Trinajstić information content (AvgIpc) is 2.46. The molecular weight excluding hydrogens is 172 g/mol. The first-order chi connectivity index (χ1) is 6.06. The third kappa shape index (κ3) is 1.77. The third-order valence-corrected chi connectivity index (χ3v) is 1.52. The molecule has 1 aromatic heterocycles. The van der Waals surface area contributed by atoms with E-state index in [9.17, 15) is 4.79 Å². The Morgan fingerprint density at radius 2 is 2.08 bits per heavy atom. The van der Waals surface area contributed by atoms with Crippen LogP contribution < -0.4 is 4.90 Å². The fraction of sp³-hybridized carbons (Fsp3) is 0.571. The molecule has 0 N–H and O–H groups in total. The summed E-state index contributed by atoms with van der Waals surface area (Å²) in [6, 6.07) is 0. The molecule has 1 heterocycles. The Bertz CT molecular complexity index is 318. The predicted octanol–water partition coefficient (Wildman–Crippen LogP) is 0.267. The van der Waals surface area contributed by atoms with Crippen molar-refractivity contribution in [3.8, 4) is 0 Å². The predicted molar refractivity (Wildman–Crippen MR) is 46.9 cm³/mol. The third-order valence-electron chi connectivity index (χ3n) is 1.52. The first-order valence-electron chi connectivity index (χ1n) is 3.76. The molecule has 0 aliphatic carbocycles. The van der Waals surface area contributed by atoms with Gasteiger partial charge in [-0.2, -0.15) is 0 Å². The van der Waals surface area contributed by atoms with E-state index < -0.39 is 6.09 Å². The molecular formula is C7H12N4O2. The Kier molecular flexibility index (Phi) is 2.50. The summed E-state index contributed by atoms with van der Waals surface area (Å²) in [4.78, 5) is 13.7. The molecule has 6 nitrogen and oxygen atoms in total. The maximum absolute atomic E-state index is 11.0. The van der Waals surface area contributed by atoms with Crippen LogP contribution in [-0.2, 0) is 4.74 Å². The van der Waals surface area contributed by atoms with E-state index in [2.05, 4.69) is 14.9 Å². The zero-order valence-electron chi connectivity index (χ0n) is 8.11. The number of aryl methyl sites for hydroxylation is 1.